The number of hydrogen-bond donors (Lipinski definition) is 1. The minimum absolute atomic E-state index is 0.00654. The van der Waals surface area contributed by atoms with Crippen LogP contribution in [0, 0.1) is 5.41 Å². The van der Waals surface area contributed by atoms with Gasteiger partial charge in [-0.2, -0.15) is 0 Å². The number of rotatable bonds is 1. The number of nitrogens with one attached hydrogen (secondary N) is 1. The molecule has 2 rings (SSSR count). The van der Waals surface area contributed by atoms with Gasteiger partial charge in [-0.3, -0.25) is 4.79 Å². The Kier molecular flexibility index (Phi) is 2.58. The summed E-state index contributed by atoms with van der Waals surface area (Å²) in [6.07, 6.45) is 0.672. The molecule has 4 heteroatoms. The molecule has 1 aliphatic heterocycles. The van der Waals surface area contributed by atoms with Crippen LogP contribution in [0.1, 0.15) is 19.4 Å². The Morgan fingerprint density at radius 2 is 2.12 bits per heavy atom. The maximum absolute atomic E-state index is 11.8. The second-order valence-corrected chi connectivity index (χ2v) is 5.07. The van der Waals surface area contributed by atoms with Gasteiger partial charge >= 0.3 is 0 Å². The van der Waals surface area contributed by atoms with E-state index in [1.807, 2.05) is 19.9 Å². The summed E-state index contributed by atoms with van der Waals surface area (Å²) in [4.78, 5) is 11.8. The fraction of sp³-hybridized carbons (Fsp3) is 0.417. The molecule has 16 heavy (non-hydrogen) atoms. The zero-order chi connectivity index (χ0) is 11.9. The number of benzene rings is 1. The molecule has 0 saturated carbocycles. The molecule has 1 amide bonds. The summed E-state index contributed by atoms with van der Waals surface area (Å²) in [6.45, 7) is 3.83. The molecule has 0 aromatic heterocycles. The number of amides is 1. The summed E-state index contributed by atoms with van der Waals surface area (Å²) in [5.74, 6) is 0.725. The first kappa shape index (κ1) is 11.3. The highest BCUT2D eigenvalue weighted by Crippen LogP contribution is 2.39. The average Bonchev–Trinajstić information content (AvgIpc) is 2.20. The van der Waals surface area contributed by atoms with Crippen LogP contribution in [-0.4, -0.2) is 13.0 Å². The molecule has 0 unspecified atom stereocenters. The maximum atomic E-state index is 11.8. The molecule has 1 N–H and O–H groups in total. The fourth-order valence-corrected chi connectivity index (χ4v) is 2.15. The third-order valence-corrected chi connectivity index (χ3v) is 3.16. The summed E-state index contributed by atoms with van der Waals surface area (Å²) in [5.41, 5.74) is 1.34. The Labute approximate surface area is 99.7 Å². The van der Waals surface area contributed by atoms with Crippen molar-refractivity contribution in [2.75, 3.05) is 12.4 Å². The normalized spacial score (nSPS) is 17.6. The third-order valence-electron chi connectivity index (χ3n) is 2.87. The topological polar surface area (TPSA) is 38.3 Å². The molecular formula is C12H14ClNO2. The Balaban J connectivity index is 2.51. The predicted octanol–water partition coefficient (Wildman–Crippen LogP) is 2.87. The molecular weight excluding hydrogens is 226 g/mol. The van der Waals surface area contributed by atoms with E-state index in [0.717, 1.165) is 11.3 Å². The van der Waals surface area contributed by atoms with E-state index < -0.39 is 5.41 Å². The zero-order valence-electron chi connectivity index (χ0n) is 9.56. The highest BCUT2D eigenvalue weighted by molar-refractivity contribution is 6.34. The molecule has 3 nitrogen and oxygen atoms in total. The summed E-state index contributed by atoms with van der Waals surface area (Å²) in [6, 6.07) is 3.63. The Morgan fingerprint density at radius 3 is 2.75 bits per heavy atom. The maximum Gasteiger partial charge on any atom is 0.230 e. The van der Waals surface area contributed by atoms with Crippen molar-refractivity contribution in [1.29, 1.82) is 0 Å². The number of ether oxygens (including phenoxy) is 1. The van der Waals surface area contributed by atoms with E-state index in [4.69, 9.17) is 16.3 Å². The van der Waals surface area contributed by atoms with Crippen LogP contribution in [0.3, 0.4) is 0 Å². The van der Waals surface area contributed by atoms with E-state index in [0.29, 0.717) is 17.1 Å². The lowest BCUT2D eigenvalue weighted by Gasteiger charge is -2.31. The Morgan fingerprint density at radius 1 is 1.44 bits per heavy atom. The highest BCUT2D eigenvalue weighted by Gasteiger charge is 2.34. The molecule has 0 radical (unpaired) electrons. The third kappa shape index (κ3) is 1.76. The summed E-state index contributed by atoms with van der Waals surface area (Å²) in [5, 5.41) is 3.37. The van der Waals surface area contributed by atoms with Crippen molar-refractivity contribution in [2.45, 2.75) is 20.3 Å². The summed E-state index contributed by atoms with van der Waals surface area (Å²) >= 11 is 6.09. The van der Waals surface area contributed by atoms with Crippen molar-refractivity contribution in [3.05, 3.63) is 22.7 Å². The van der Waals surface area contributed by atoms with Crippen LogP contribution in [0.5, 0.6) is 5.75 Å². The van der Waals surface area contributed by atoms with Crippen LogP contribution < -0.4 is 10.1 Å². The second kappa shape index (κ2) is 3.67. The van der Waals surface area contributed by atoms with E-state index in [2.05, 4.69) is 5.32 Å². The van der Waals surface area contributed by atoms with Gasteiger partial charge < -0.3 is 10.1 Å². The smallest absolute Gasteiger partial charge is 0.230 e. The molecule has 1 heterocycles. The monoisotopic (exact) mass is 239 g/mol. The number of carbonyl (C=O) groups is 1. The number of halogens is 1. The molecule has 0 aliphatic carbocycles. The van der Waals surface area contributed by atoms with Crippen molar-refractivity contribution in [3.8, 4) is 5.75 Å². The lowest BCUT2D eigenvalue weighted by molar-refractivity contribution is -0.124. The van der Waals surface area contributed by atoms with Crippen molar-refractivity contribution < 1.29 is 9.53 Å². The number of fused-ring (bicyclic) bond motifs is 1. The lowest BCUT2D eigenvalue weighted by atomic mass is 9.81. The molecule has 0 atom stereocenters. The fourth-order valence-electron chi connectivity index (χ4n) is 1.87. The first-order valence-corrected chi connectivity index (χ1v) is 5.50. The molecule has 86 valence electrons. The van der Waals surface area contributed by atoms with E-state index in [-0.39, 0.29) is 5.91 Å². The van der Waals surface area contributed by atoms with Crippen LogP contribution in [0.2, 0.25) is 5.02 Å². The van der Waals surface area contributed by atoms with Gasteiger partial charge in [0.1, 0.15) is 5.75 Å². The molecule has 0 bridgehead atoms. The summed E-state index contributed by atoms with van der Waals surface area (Å²) in [7, 11) is 1.60. The van der Waals surface area contributed by atoms with Crippen LogP contribution in [-0.2, 0) is 11.2 Å². The molecule has 0 fully saturated rings. The molecule has 1 aromatic carbocycles. The highest BCUT2D eigenvalue weighted by atomic mass is 35.5. The number of hydrogen-bond acceptors (Lipinski definition) is 2. The van der Waals surface area contributed by atoms with Gasteiger partial charge in [-0.15, -0.1) is 0 Å². The standard InChI is InChI=1S/C12H14ClNO2/c1-12(2)6-7-4-8(16-3)5-9(13)10(7)14-11(12)15/h4-5H,6H2,1-3H3,(H,14,15). The Bertz CT molecular complexity index is 455. The van der Waals surface area contributed by atoms with Crippen molar-refractivity contribution in [2.24, 2.45) is 5.41 Å². The largest absolute Gasteiger partial charge is 0.497 e. The van der Waals surface area contributed by atoms with Crippen LogP contribution in [0.4, 0.5) is 5.69 Å². The molecule has 1 aliphatic rings. The van der Waals surface area contributed by atoms with Gasteiger partial charge in [-0.1, -0.05) is 25.4 Å². The quantitative estimate of drug-likeness (QED) is 0.819. The first-order valence-electron chi connectivity index (χ1n) is 5.12. The molecule has 0 spiro atoms. The van der Waals surface area contributed by atoms with E-state index in [1.54, 1.807) is 13.2 Å². The zero-order valence-corrected chi connectivity index (χ0v) is 10.3. The van der Waals surface area contributed by atoms with Gasteiger partial charge in [0, 0.05) is 11.5 Å². The number of anilines is 1. The van der Waals surface area contributed by atoms with Gasteiger partial charge in [0.2, 0.25) is 5.91 Å². The average molecular weight is 240 g/mol. The molecule has 1 aromatic rings. The van der Waals surface area contributed by atoms with Crippen molar-refractivity contribution in [3.63, 3.8) is 0 Å². The Hall–Kier alpha value is -1.22. The second-order valence-electron chi connectivity index (χ2n) is 4.66. The SMILES string of the molecule is COc1cc(Cl)c2c(c1)CC(C)(C)C(=O)N2. The number of methoxy groups -OCH3 is 1. The van der Waals surface area contributed by atoms with Crippen LogP contribution in [0.25, 0.3) is 0 Å². The van der Waals surface area contributed by atoms with Gasteiger partial charge in [-0.25, -0.2) is 0 Å². The molecule has 0 saturated heterocycles. The van der Waals surface area contributed by atoms with Gasteiger partial charge in [0.05, 0.1) is 17.8 Å². The lowest BCUT2D eigenvalue weighted by Crippen LogP contribution is -2.37. The number of carbonyl (C=O) groups excluding carboxylic acids is 1. The first-order chi connectivity index (χ1) is 7.44. The van der Waals surface area contributed by atoms with Gasteiger partial charge in [0.15, 0.2) is 0 Å². The van der Waals surface area contributed by atoms with Crippen LogP contribution >= 0.6 is 11.6 Å². The van der Waals surface area contributed by atoms with E-state index in [1.165, 1.54) is 0 Å². The van der Waals surface area contributed by atoms with Gasteiger partial charge in [0.25, 0.3) is 0 Å². The minimum atomic E-state index is -0.400. The van der Waals surface area contributed by atoms with Crippen molar-refractivity contribution in [1.82, 2.24) is 0 Å². The van der Waals surface area contributed by atoms with Crippen molar-refractivity contribution >= 4 is 23.2 Å². The van der Waals surface area contributed by atoms with Gasteiger partial charge in [-0.05, 0) is 18.1 Å². The summed E-state index contributed by atoms with van der Waals surface area (Å²) < 4.78 is 5.16. The van der Waals surface area contributed by atoms with Crippen LogP contribution in [0.15, 0.2) is 12.1 Å². The van der Waals surface area contributed by atoms with E-state index >= 15 is 0 Å². The van der Waals surface area contributed by atoms with E-state index in [9.17, 15) is 4.79 Å². The predicted molar refractivity (Wildman–Crippen MR) is 64.1 cm³/mol. The minimum Gasteiger partial charge on any atom is -0.497 e.